The molecule has 0 aliphatic carbocycles. The van der Waals surface area contributed by atoms with Crippen molar-refractivity contribution in [3.05, 3.63) is 17.5 Å². The van der Waals surface area contributed by atoms with E-state index in [1.54, 1.807) is 22.8 Å². The van der Waals surface area contributed by atoms with Crippen LogP contribution in [0.15, 0.2) is 11.4 Å². The predicted molar refractivity (Wildman–Crippen MR) is 66.9 cm³/mol. The van der Waals surface area contributed by atoms with Crippen molar-refractivity contribution in [2.24, 2.45) is 18.1 Å². The number of oxime groups is 1. The maximum absolute atomic E-state index is 12.3. The molecule has 1 atom stereocenters. The molecule has 1 unspecified atom stereocenters. The first-order chi connectivity index (χ1) is 8.52. The van der Waals surface area contributed by atoms with Gasteiger partial charge in [-0.05, 0) is 6.92 Å². The minimum absolute atomic E-state index is 0.00411. The van der Waals surface area contributed by atoms with Gasteiger partial charge in [-0.3, -0.25) is 9.48 Å². The summed E-state index contributed by atoms with van der Waals surface area (Å²) in [6, 6.07) is 0. The number of aryl methyl sites for hydroxylation is 2. The van der Waals surface area contributed by atoms with Gasteiger partial charge in [0.15, 0.2) is 0 Å². The molecule has 2 heterocycles. The Balaban J connectivity index is 2.14. The molecule has 1 aliphatic heterocycles. The zero-order valence-corrected chi connectivity index (χ0v) is 10.9. The van der Waals surface area contributed by atoms with Crippen LogP contribution in [-0.4, -0.2) is 44.6 Å². The summed E-state index contributed by atoms with van der Waals surface area (Å²) in [7, 11) is 1.80. The van der Waals surface area contributed by atoms with Gasteiger partial charge in [-0.15, -0.1) is 0 Å². The van der Waals surface area contributed by atoms with Crippen LogP contribution in [0, 0.1) is 12.8 Å². The summed E-state index contributed by atoms with van der Waals surface area (Å²) in [5.74, 6) is 0.106. The highest BCUT2D eigenvalue weighted by Crippen LogP contribution is 2.17. The molecule has 1 aromatic rings. The van der Waals surface area contributed by atoms with Crippen molar-refractivity contribution >= 4 is 11.6 Å². The van der Waals surface area contributed by atoms with Gasteiger partial charge in [0, 0.05) is 38.7 Å². The molecule has 6 nitrogen and oxygen atoms in total. The fourth-order valence-electron chi connectivity index (χ4n) is 2.34. The van der Waals surface area contributed by atoms with E-state index in [4.69, 9.17) is 5.21 Å². The van der Waals surface area contributed by atoms with E-state index < -0.39 is 0 Å². The molecule has 1 amide bonds. The molecule has 1 saturated heterocycles. The van der Waals surface area contributed by atoms with Crippen LogP contribution < -0.4 is 0 Å². The van der Waals surface area contributed by atoms with Crippen LogP contribution in [-0.2, 0) is 7.05 Å². The van der Waals surface area contributed by atoms with Gasteiger partial charge < -0.3 is 10.1 Å². The lowest BCUT2D eigenvalue weighted by atomic mass is 9.97. The number of carbonyl (C=O) groups excluding carboxylic acids is 1. The van der Waals surface area contributed by atoms with E-state index in [0.717, 1.165) is 11.4 Å². The third kappa shape index (κ3) is 2.23. The lowest BCUT2D eigenvalue weighted by Gasteiger charge is -2.31. The van der Waals surface area contributed by atoms with Crippen molar-refractivity contribution in [3.8, 4) is 0 Å². The Hall–Kier alpha value is -1.85. The lowest BCUT2D eigenvalue weighted by molar-refractivity contribution is 0.0733. The van der Waals surface area contributed by atoms with Crippen molar-refractivity contribution in [1.29, 1.82) is 0 Å². The minimum atomic E-state index is 0.00411. The minimum Gasteiger partial charge on any atom is -0.411 e. The monoisotopic (exact) mass is 250 g/mol. The summed E-state index contributed by atoms with van der Waals surface area (Å²) in [4.78, 5) is 14.1. The molecule has 1 N–H and O–H groups in total. The summed E-state index contributed by atoms with van der Waals surface area (Å²) in [6.07, 6.45) is 2.38. The second-order valence-corrected chi connectivity index (χ2v) is 4.80. The smallest absolute Gasteiger partial charge is 0.257 e. The molecule has 98 valence electrons. The normalized spacial score (nSPS) is 22.5. The number of rotatable bonds is 1. The van der Waals surface area contributed by atoms with Gasteiger partial charge in [-0.25, -0.2) is 0 Å². The van der Waals surface area contributed by atoms with Crippen molar-refractivity contribution < 1.29 is 10.0 Å². The van der Waals surface area contributed by atoms with Crippen LogP contribution in [0.2, 0.25) is 0 Å². The zero-order chi connectivity index (χ0) is 13.3. The number of nitrogens with zero attached hydrogens (tertiary/aromatic N) is 4. The van der Waals surface area contributed by atoms with Gasteiger partial charge in [0.1, 0.15) is 0 Å². The molecule has 0 aromatic carbocycles. The molecule has 0 radical (unpaired) electrons. The van der Waals surface area contributed by atoms with Crippen molar-refractivity contribution in [3.63, 3.8) is 0 Å². The molecule has 6 heteroatoms. The first kappa shape index (κ1) is 12.6. The van der Waals surface area contributed by atoms with Crippen LogP contribution in [0.25, 0.3) is 0 Å². The number of likely N-dealkylation sites (tertiary alicyclic amines) is 1. The summed E-state index contributed by atoms with van der Waals surface area (Å²) in [5.41, 5.74) is 2.16. The van der Waals surface area contributed by atoms with E-state index in [1.807, 2.05) is 13.8 Å². The fourth-order valence-corrected chi connectivity index (χ4v) is 2.34. The molecule has 0 saturated carbocycles. The SMILES string of the molecule is Cc1nn(C)cc1C(=O)N1CCC(=NO)C(C)C1. The Labute approximate surface area is 106 Å². The number of piperidine rings is 1. The van der Waals surface area contributed by atoms with Gasteiger partial charge in [-0.2, -0.15) is 5.10 Å². The van der Waals surface area contributed by atoms with Gasteiger partial charge in [-0.1, -0.05) is 12.1 Å². The molecule has 1 aliphatic rings. The summed E-state index contributed by atoms with van der Waals surface area (Å²) in [6.45, 7) is 4.98. The number of aromatic nitrogens is 2. The Morgan fingerprint density at radius 2 is 2.33 bits per heavy atom. The maximum atomic E-state index is 12.3. The van der Waals surface area contributed by atoms with Crippen molar-refractivity contribution in [2.45, 2.75) is 20.3 Å². The highest BCUT2D eigenvalue weighted by Gasteiger charge is 2.27. The van der Waals surface area contributed by atoms with Crippen molar-refractivity contribution in [1.82, 2.24) is 14.7 Å². The standard InChI is InChI=1S/C12H18N4O2/c1-8-6-16(5-4-11(8)14-18)12(17)10-7-15(3)13-9(10)2/h7-8,18H,4-6H2,1-3H3. The molecule has 18 heavy (non-hydrogen) atoms. The third-order valence-corrected chi connectivity index (χ3v) is 3.36. The van der Waals surface area contributed by atoms with Gasteiger partial charge >= 0.3 is 0 Å². The quantitative estimate of drug-likeness (QED) is 0.598. The maximum Gasteiger partial charge on any atom is 0.257 e. The summed E-state index contributed by atoms with van der Waals surface area (Å²) < 4.78 is 1.65. The average molecular weight is 250 g/mol. The summed E-state index contributed by atoms with van der Waals surface area (Å²) >= 11 is 0. The highest BCUT2D eigenvalue weighted by molar-refractivity contribution is 5.97. The van der Waals surface area contributed by atoms with E-state index in [1.165, 1.54) is 0 Å². The van der Waals surface area contributed by atoms with E-state index in [9.17, 15) is 4.79 Å². The van der Waals surface area contributed by atoms with Crippen LogP contribution in [0.1, 0.15) is 29.4 Å². The highest BCUT2D eigenvalue weighted by atomic mass is 16.4. The van der Waals surface area contributed by atoms with E-state index in [-0.39, 0.29) is 11.8 Å². The lowest BCUT2D eigenvalue weighted by Crippen LogP contribution is -2.43. The Morgan fingerprint density at radius 3 is 2.83 bits per heavy atom. The molecule has 2 rings (SSSR count). The molecule has 0 spiro atoms. The Bertz CT molecular complexity index is 492. The number of hydrogen-bond acceptors (Lipinski definition) is 4. The second kappa shape index (κ2) is 4.80. The topological polar surface area (TPSA) is 70.7 Å². The van der Waals surface area contributed by atoms with Gasteiger partial charge in [0.05, 0.1) is 17.0 Å². The third-order valence-electron chi connectivity index (χ3n) is 3.36. The number of hydrogen-bond donors (Lipinski definition) is 1. The van der Waals surface area contributed by atoms with E-state index in [2.05, 4.69) is 10.3 Å². The zero-order valence-electron chi connectivity index (χ0n) is 10.9. The second-order valence-electron chi connectivity index (χ2n) is 4.80. The Kier molecular flexibility index (Phi) is 3.36. The molecular formula is C12H18N4O2. The van der Waals surface area contributed by atoms with Crippen LogP contribution >= 0.6 is 0 Å². The van der Waals surface area contributed by atoms with Crippen LogP contribution in [0.4, 0.5) is 0 Å². The Morgan fingerprint density at radius 1 is 1.61 bits per heavy atom. The van der Waals surface area contributed by atoms with E-state index >= 15 is 0 Å². The number of amides is 1. The summed E-state index contributed by atoms with van der Waals surface area (Å²) in [5, 5.41) is 16.3. The first-order valence-corrected chi connectivity index (χ1v) is 6.03. The van der Waals surface area contributed by atoms with Crippen molar-refractivity contribution in [2.75, 3.05) is 13.1 Å². The van der Waals surface area contributed by atoms with Gasteiger partial charge in [0.25, 0.3) is 5.91 Å². The first-order valence-electron chi connectivity index (χ1n) is 6.03. The predicted octanol–water partition coefficient (Wildman–Crippen LogP) is 1.04. The number of carbonyl (C=O) groups is 1. The van der Waals surface area contributed by atoms with Crippen LogP contribution in [0.3, 0.4) is 0 Å². The molecule has 0 bridgehead atoms. The van der Waals surface area contributed by atoms with Gasteiger partial charge in [0.2, 0.25) is 0 Å². The van der Waals surface area contributed by atoms with Crippen LogP contribution in [0.5, 0.6) is 0 Å². The molecule has 1 fully saturated rings. The molecular weight excluding hydrogens is 232 g/mol. The average Bonchev–Trinajstić information content (AvgIpc) is 2.67. The van der Waals surface area contributed by atoms with E-state index in [0.29, 0.717) is 25.1 Å². The molecule has 1 aromatic heterocycles. The largest absolute Gasteiger partial charge is 0.411 e. The fraction of sp³-hybridized carbons (Fsp3) is 0.583.